The van der Waals surface area contributed by atoms with Gasteiger partial charge in [-0.1, -0.05) is 31.0 Å². The van der Waals surface area contributed by atoms with E-state index in [0.717, 1.165) is 12.8 Å². The first kappa shape index (κ1) is 16.0. The Kier molecular flexibility index (Phi) is 7.48. The summed E-state index contributed by atoms with van der Waals surface area (Å²) in [5.41, 5.74) is 0.367. The second kappa shape index (κ2) is 8.91. The van der Waals surface area contributed by atoms with E-state index in [-0.39, 0.29) is 13.2 Å². The van der Waals surface area contributed by atoms with Gasteiger partial charge in [0.1, 0.15) is 18.5 Å². The summed E-state index contributed by atoms with van der Waals surface area (Å²) in [5.74, 6) is 0.298. The Morgan fingerprint density at radius 3 is 2.89 bits per heavy atom. The Morgan fingerprint density at radius 2 is 2.21 bits per heavy atom. The molecule has 1 aromatic rings. The normalized spacial score (nSPS) is 12.2. The minimum atomic E-state index is -0.743. The van der Waals surface area contributed by atoms with Gasteiger partial charge in [0.2, 0.25) is 0 Å². The van der Waals surface area contributed by atoms with Gasteiger partial charge >= 0.3 is 0 Å². The first-order valence-electron chi connectivity index (χ1n) is 6.31. The molecular weight excluding hydrogens is 268 g/mol. The summed E-state index contributed by atoms with van der Waals surface area (Å²) < 4.78 is 10.7. The van der Waals surface area contributed by atoms with Crippen LogP contribution in [0.5, 0.6) is 5.75 Å². The van der Waals surface area contributed by atoms with Gasteiger partial charge < -0.3 is 14.6 Å². The molecule has 0 aromatic heterocycles. The third kappa shape index (κ3) is 5.59. The molecule has 1 N–H and O–H groups in total. The van der Waals surface area contributed by atoms with Crippen LogP contribution >= 0.6 is 11.6 Å². The molecule has 0 aliphatic rings. The van der Waals surface area contributed by atoms with Gasteiger partial charge in [0.25, 0.3) is 0 Å². The van der Waals surface area contributed by atoms with E-state index < -0.39 is 6.10 Å². The summed E-state index contributed by atoms with van der Waals surface area (Å²) in [4.78, 5) is 10.8. The lowest BCUT2D eigenvalue weighted by Gasteiger charge is -2.14. The Bertz CT molecular complexity index is 395. The van der Waals surface area contributed by atoms with Gasteiger partial charge in [0.15, 0.2) is 6.29 Å². The first-order chi connectivity index (χ1) is 9.19. The number of rotatable bonds is 9. The lowest BCUT2D eigenvalue weighted by molar-refractivity contribution is 0.0112. The minimum absolute atomic E-state index is 0.0384. The van der Waals surface area contributed by atoms with Gasteiger partial charge in [-0.05, 0) is 18.6 Å². The highest BCUT2D eigenvalue weighted by Crippen LogP contribution is 2.27. The van der Waals surface area contributed by atoms with Gasteiger partial charge in [0.05, 0.1) is 17.2 Å². The Balaban J connectivity index is 2.41. The van der Waals surface area contributed by atoms with Crippen molar-refractivity contribution in [2.24, 2.45) is 0 Å². The standard InChI is InChI=1S/C14H19ClO4/c1-2-3-7-18-9-12(17)10-19-14-11(8-16)5-4-6-13(14)15/h4-6,8,12,17H,2-3,7,9-10H2,1H3. The number of ether oxygens (including phenoxy) is 2. The maximum absolute atomic E-state index is 10.8. The molecule has 0 heterocycles. The van der Waals surface area contributed by atoms with Crippen LogP contribution in [0, 0.1) is 0 Å². The molecule has 1 atom stereocenters. The van der Waals surface area contributed by atoms with Gasteiger partial charge in [-0.2, -0.15) is 0 Å². The van der Waals surface area contributed by atoms with E-state index in [4.69, 9.17) is 21.1 Å². The van der Waals surface area contributed by atoms with E-state index in [1.54, 1.807) is 18.2 Å². The number of hydrogen-bond donors (Lipinski definition) is 1. The summed E-state index contributed by atoms with van der Waals surface area (Å²) in [7, 11) is 0. The molecule has 0 amide bonds. The number of aldehydes is 1. The average molecular weight is 287 g/mol. The van der Waals surface area contributed by atoms with Crippen molar-refractivity contribution in [2.45, 2.75) is 25.9 Å². The van der Waals surface area contributed by atoms with Crippen molar-refractivity contribution >= 4 is 17.9 Å². The highest BCUT2D eigenvalue weighted by Gasteiger charge is 2.11. The van der Waals surface area contributed by atoms with Crippen LogP contribution in [0.2, 0.25) is 5.02 Å². The Morgan fingerprint density at radius 1 is 1.42 bits per heavy atom. The molecule has 0 radical (unpaired) electrons. The second-order valence-electron chi connectivity index (χ2n) is 4.17. The second-order valence-corrected chi connectivity index (χ2v) is 4.58. The van der Waals surface area contributed by atoms with E-state index in [9.17, 15) is 9.90 Å². The van der Waals surface area contributed by atoms with Gasteiger partial charge in [-0.3, -0.25) is 4.79 Å². The van der Waals surface area contributed by atoms with Crippen molar-refractivity contribution in [3.63, 3.8) is 0 Å². The van der Waals surface area contributed by atoms with Crippen molar-refractivity contribution in [3.8, 4) is 5.75 Å². The maximum atomic E-state index is 10.8. The SMILES string of the molecule is CCCCOCC(O)COc1c(Cl)cccc1C=O. The van der Waals surface area contributed by atoms with Crippen molar-refractivity contribution in [2.75, 3.05) is 19.8 Å². The van der Waals surface area contributed by atoms with Crippen molar-refractivity contribution in [1.82, 2.24) is 0 Å². The van der Waals surface area contributed by atoms with Crippen LogP contribution in [0.25, 0.3) is 0 Å². The fraction of sp³-hybridized carbons (Fsp3) is 0.500. The van der Waals surface area contributed by atoms with Gasteiger partial charge in [-0.15, -0.1) is 0 Å². The number of carbonyl (C=O) groups is 1. The number of para-hydroxylation sites is 1. The predicted octanol–water partition coefficient (Wildman–Crippen LogP) is 2.71. The largest absolute Gasteiger partial charge is 0.488 e. The fourth-order valence-corrected chi connectivity index (χ4v) is 1.70. The fourth-order valence-electron chi connectivity index (χ4n) is 1.46. The number of carbonyl (C=O) groups excluding carboxylic acids is 1. The third-order valence-electron chi connectivity index (χ3n) is 2.50. The molecule has 0 bridgehead atoms. The van der Waals surface area contributed by atoms with E-state index in [1.165, 1.54) is 0 Å². The summed E-state index contributed by atoms with van der Waals surface area (Å²) in [5, 5.41) is 10.0. The molecule has 1 aromatic carbocycles. The monoisotopic (exact) mass is 286 g/mol. The van der Waals surface area contributed by atoms with Crippen LogP contribution in [-0.4, -0.2) is 37.3 Å². The van der Waals surface area contributed by atoms with E-state index in [0.29, 0.717) is 29.2 Å². The zero-order chi connectivity index (χ0) is 14.1. The zero-order valence-corrected chi connectivity index (χ0v) is 11.7. The summed E-state index contributed by atoms with van der Waals surface area (Å²) in [6.45, 7) is 2.94. The molecule has 1 rings (SSSR count). The predicted molar refractivity (Wildman–Crippen MR) is 74.1 cm³/mol. The Labute approximate surface area is 118 Å². The summed E-state index contributed by atoms with van der Waals surface area (Å²) in [6, 6.07) is 4.91. The molecule has 0 saturated carbocycles. The first-order valence-corrected chi connectivity index (χ1v) is 6.69. The molecule has 106 valence electrons. The topological polar surface area (TPSA) is 55.8 Å². The molecule has 0 fully saturated rings. The summed E-state index contributed by atoms with van der Waals surface area (Å²) in [6.07, 6.45) is 1.95. The quantitative estimate of drug-likeness (QED) is 0.560. The molecule has 0 aliphatic heterocycles. The smallest absolute Gasteiger partial charge is 0.153 e. The van der Waals surface area contributed by atoms with Crippen LogP contribution in [0.4, 0.5) is 0 Å². The molecule has 0 aliphatic carbocycles. The van der Waals surface area contributed by atoms with Gasteiger partial charge in [0, 0.05) is 6.61 Å². The number of unbranched alkanes of at least 4 members (excludes halogenated alkanes) is 1. The number of hydrogen-bond acceptors (Lipinski definition) is 4. The van der Waals surface area contributed by atoms with Crippen molar-refractivity contribution < 1.29 is 19.4 Å². The lowest BCUT2D eigenvalue weighted by Crippen LogP contribution is -2.24. The van der Waals surface area contributed by atoms with Gasteiger partial charge in [-0.25, -0.2) is 0 Å². The number of halogens is 1. The van der Waals surface area contributed by atoms with Crippen LogP contribution in [-0.2, 0) is 4.74 Å². The summed E-state index contributed by atoms with van der Waals surface area (Å²) >= 11 is 5.94. The maximum Gasteiger partial charge on any atom is 0.153 e. The number of benzene rings is 1. The van der Waals surface area contributed by atoms with E-state index in [1.807, 2.05) is 0 Å². The van der Waals surface area contributed by atoms with Crippen molar-refractivity contribution in [1.29, 1.82) is 0 Å². The molecule has 5 heteroatoms. The lowest BCUT2D eigenvalue weighted by atomic mass is 10.2. The minimum Gasteiger partial charge on any atom is -0.488 e. The molecule has 0 spiro atoms. The highest BCUT2D eigenvalue weighted by atomic mass is 35.5. The van der Waals surface area contributed by atoms with Crippen molar-refractivity contribution in [3.05, 3.63) is 28.8 Å². The number of aliphatic hydroxyl groups is 1. The van der Waals surface area contributed by atoms with E-state index >= 15 is 0 Å². The highest BCUT2D eigenvalue weighted by molar-refractivity contribution is 6.32. The van der Waals surface area contributed by atoms with Crippen LogP contribution in [0.3, 0.4) is 0 Å². The van der Waals surface area contributed by atoms with Crippen LogP contribution < -0.4 is 4.74 Å². The molecule has 4 nitrogen and oxygen atoms in total. The van der Waals surface area contributed by atoms with Crippen LogP contribution in [0.15, 0.2) is 18.2 Å². The van der Waals surface area contributed by atoms with E-state index in [2.05, 4.69) is 6.92 Å². The molecular formula is C14H19ClO4. The van der Waals surface area contributed by atoms with Crippen LogP contribution in [0.1, 0.15) is 30.1 Å². The zero-order valence-electron chi connectivity index (χ0n) is 11.0. The molecule has 1 unspecified atom stereocenters. The molecule has 0 saturated heterocycles. The number of aliphatic hydroxyl groups excluding tert-OH is 1. The third-order valence-corrected chi connectivity index (χ3v) is 2.79. The average Bonchev–Trinajstić information content (AvgIpc) is 2.42. The molecule has 19 heavy (non-hydrogen) atoms. The Hall–Kier alpha value is -1.10.